The summed E-state index contributed by atoms with van der Waals surface area (Å²) in [6.07, 6.45) is 3.35. The highest BCUT2D eigenvalue weighted by Crippen LogP contribution is 2.23. The second-order valence-corrected chi connectivity index (χ2v) is 8.61. The molecule has 0 radical (unpaired) electrons. The molecule has 1 amide bonds. The molecule has 0 saturated carbocycles. The summed E-state index contributed by atoms with van der Waals surface area (Å²) in [6, 6.07) is 15.1. The number of ether oxygens (including phenoxy) is 1. The summed E-state index contributed by atoms with van der Waals surface area (Å²) in [6.45, 7) is 2.17. The molecule has 0 atom stereocenters. The van der Waals surface area contributed by atoms with Gasteiger partial charge in [-0.15, -0.1) is 0 Å². The lowest BCUT2D eigenvalue weighted by atomic mass is 10.1. The largest absolute Gasteiger partial charge is 0.497 e. The quantitative estimate of drug-likeness (QED) is 0.646. The highest BCUT2D eigenvalue weighted by Gasteiger charge is 2.18. The third-order valence-electron chi connectivity index (χ3n) is 4.53. The molecule has 3 aromatic rings. The van der Waals surface area contributed by atoms with E-state index in [2.05, 4.69) is 10.3 Å². The standard InChI is InChI=1S/C22H22N2O4S/c1-16-8-9-18(22(25)24-14-17-5-4-10-23-13-17)11-19(16)15-29(26,27)21-7-3-6-20(12-21)28-2/h3-13H,14-15H2,1-2H3,(H,24,25). The third-order valence-corrected chi connectivity index (χ3v) is 6.20. The predicted octanol–water partition coefficient (Wildman–Crippen LogP) is 3.30. The molecule has 0 spiro atoms. The van der Waals surface area contributed by atoms with Crippen molar-refractivity contribution >= 4 is 15.7 Å². The fraction of sp³-hybridized carbons (Fsp3) is 0.182. The van der Waals surface area contributed by atoms with Crippen LogP contribution in [-0.2, 0) is 22.1 Å². The molecule has 1 heterocycles. The van der Waals surface area contributed by atoms with Crippen LogP contribution in [0.1, 0.15) is 27.0 Å². The van der Waals surface area contributed by atoms with E-state index in [1.54, 1.807) is 48.8 Å². The Morgan fingerprint density at radius 2 is 1.93 bits per heavy atom. The van der Waals surface area contributed by atoms with Gasteiger partial charge < -0.3 is 10.1 Å². The molecule has 6 nitrogen and oxygen atoms in total. The van der Waals surface area contributed by atoms with Crippen LogP contribution in [0, 0.1) is 6.92 Å². The van der Waals surface area contributed by atoms with Crippen molar-refractivity contribution in [3.05, 3.63) is 89.2 Å². The topological polar surface area (TPSA) is 85.4 Å². The van der Waals surface area contributed by atoms with Gasteiger partial charge in [0.25, 0.3) is 5.91 Å². The Morgan fingerprint density at radius 3 is 2.66 bits per heavy atom. The predicted molar refractivity (Wildman–Crippen MR) is 110 cm³/mol. The van der Waals surface area contributed by atoms with Gasteiger partial charge in [-0.3, -0.25) is 9.78 Å². The first-order valence-electron chi connectivity index (χ1n) is 9.02. The van der Waals surface area contributed by atoms with Crippen molar-refractivity contribution in [2.45, 2.75) is 24.1 Å². The molecule has 0 saturated heterocycles. The number of nitrogens with zero attached hydrogens (tertiary/aromatic N) is 1. The minimum Gasteiger partial charge on any atom is -0.497 e. The summed E-state index contributed by atoms with van der Waals surface area (Å²) in [5.41, 5.74) is 2.69. The van der Waals surface area contributed by atoms with Gasteiger partial charge in [0.05, 0.1) is 17.8 Å². The van der Waals surface area contributed by atoms with Crippen LogP contribution in [0.4, 0.5) is 0 Å². The first kappa shape index (κ1) is 20.5. The molecular formula is C22H22N2O4S. The van der Waals surface area contributed by atoms with E-state index in [1.807, 2.05) is 13.0 Å². The maximum absolute atomic E-state index is 12.9. The number of hydrogen-bond donors (Lipinski definition) is 1. The molecule has 1 N–H and O–H groups in total. The Labute approximate surface area is 170 Å². The maximum atomic E-state index is 12.9. The number of carbonyl (C=O) groups is 1. The highest BCUT2D eigenvalue weighted by atomic mass is 32.2. The summed E-state index contributed by atoms with van der Waals surface area (Å²) >= 11 is 0. The molecule has 150 valence electrons. The molecule has 0 bridgehead atoms. The molecule has 0 aliphatic carbocycles. The van der Waals surface area contributed by atoms with E-state index in [1.165, 1.54) is 19.2 Å². The summed E-state index contributed by atoms with van der Waals surface area (Å²) in [5, 5.41) is 2.83. The number of sulfone groups is 1. The number of carbonyl (C=O) groups excluding carboxylic acids is 1. The van der Waals surface area contributed by atoms with Crippen LogP contribution in [0.25, 0.3) is 0 Å². The normalized spacial score (nSPS) is 11.1. The van der Waals surface area contributed by atoms with Gasteiger partial charge in [-0.25, -0.2) is 8.42 Å². The van der Waals surface area contributed by atoms with Crippen LogP contribution < -0.4 is 10.1 Å². The lowest BCUT2D eigenvalue weighted by Gasteiger charge is -2.11. The monoisotopic (exact) mass is 410 g/mol. The van der Waals surface area contributed by atoms with Gasteiger partial charge in [-0.05, 0) is 60.0 Å². The SMILES string of the molecule is COc1cccc(S(=O)(=O)Cc2cc(C(=O)NCc3cccnc3)ccc2C)c1. The Bertz CT molecular complexity index is 1110. The smallest absolute Gasteiger partial charge is 0.251 e. The zero-order valence-electron chi connectivity index (χ0n) is 16.3. The molecule has 0 aliphatic rings. The zero-order chi connectivity index (χ0) is 20.9. The Hall–Kier alpha value is -3.19. The van der Waals surface area contributed by atoms with E-state index in [0.717, 1.165) is 11.1 Å². The van der Waals surface area contributed by atoms with E-state index >= 15 is 0 Å². The number of hydrogen-bond acceptors (Lipinski definition) is 5. The van der Waals surface area contributed by atoms with E-state index in [4.69, 9.17) is 4.74 Å². The summed E-state index contributed by atoms with van der Waals surface area (Å²) in [7, 11) is -2.10. The first-order chi connectivity index (χ1) is 13.9. The van der Waals surface area contributed by atoms with Gasteiger partial charge in [0.1, 0.15) is 5.75 Å². The molecule has 0 aliphatic heterocycles. The molecule has 0 unspecified atom stereocenters. The second kappa shape index (κ2) is 8.87. The van der Waals surface area contributed by atoms with E-state index in [9.17, 15) is 13.2 Å². The summed E-state index contributed by atoms with van der Waals surface area (Å²) < 4.78 is 30.8. The van der Waals surface area contributed by atoms with Crippen LogP contribution in [0.5, 0.6) is 5.75 Å². The molecule has 3 rings (SSSR count). The van der Waals surface area contributed by atoms with Crippen LogP contribution in [0.15, 0.2) is 71.9 Å². The number of pyridine rings is 1. The molecule has 1 aromatic heterocycles. The number of methoxy groups -OCH3 is 1. The number of benzene rings is 2. The molecule has 7 heteroatoms. The molecule has 29 heavy (non-hydrogen) atoms. The van der Waals surface area contributed by atoms with Crippen molar-refractivity contribution < 1.29 is 17.9 Å². The number of nitrogens with one attached hydrogen (secondary N) is 1. The van der Waals surface area contributed by atoms with Gasteiger partial charge in [0.15, 0.2) is 9.84 Å². The Balaban J connectivity index is 1.78. The molecular weight excluding hydrogens is 388 g/mol. The maximum Gasteiger partial charge on any atom is 0.251 e. The number of rotatable bonds is 7. The van der Waals surface area contributed by atoms with E-state index in [0.29, 0.717) is 23.4 Å². The first-order valence-corrected chi connectivity index (χ1v) is 10.7. The van der Waals surface area contributed by atoms with Crippen molar-refractivity contribution in [1.29, 1.82) is 0 Å². The summed E-state index contributed by atoms with van der Waals surface area (Å²) in [5.74, 6) is 0.00984. The van der Waals surface area contributed by atoms with Gasteiger partial charge in [0, 0.05) is 24.5 Å². The average molecular weight is 410 g/mol. The summed E-state index contributed by atoms with van der Waals surface area (Å²) in [4.78, 5) is 16.7. The minimum atomic E-state index is -3.59. The fourth-order valence-corrected chi connectivity index (χ4v) is 4.31. The Kier molecular flexibility index (Phi) is 6.29. The van der Waals surface area contributed by atoms with Crippen LogP contribution in [0.3, 0.4) is 0 Å². The number of aromatic nitrogens is 1. The van der Waals surface area contributed by atoms with Crippen molar-refractivity contribution in [1.82, 2.24) is 10.3 Å². The number of aryl methyl sites for hydroxylation is 1. The lowest BCUT2D eigenvalue weighted by molar-refractivity contribution is 0.0950. The van der Waals surface area contributed by atoms with E-state index < -0.39 is 9.84 Å². The van der Waals surface area contributed by atoms with Gasteiger partial charge in [-0.1, -0.05) is 18.2 Å². The van der Waals surface area contributed by atoms with Gasteiger partial charge >= 0.3 is 0 Å². The second-order valence-electron chi connectivity index (χ2n) is 6.62. The van der Waals surface area contributed by atoms with Gasteiger partial charge in [0.2, 0.25) is 0 Å². The molecule has 2 aromatic carbocycles. The Morgan fingerprint density at radius 1 is 1.10 bits per heavy atom. The van der Waals surface area contributed by atoms with Crippen LogP contribution >= 0.6 is 0 Å². The number of amides is 1. The van der Waals surface area contributed by atoms with E-state index in [-0.39, 0.29) is 16.6 Å². The lowest BCUT2D eigenvalue weighted by Crippen LogP contribution is -2.23. The third kappa shape index (κ3) is 5.20. The van der Waals surface area contributed by atoms with Crippen molar-refractivity contribution in [2.75, 3.05) is 7.11 Å². The average Bonchev–Trinajstić information content (AvgIpc) is 2.74. The van der Waals surface area contributed by atoms with Crippen molar-refractivity contribution in [3.8, 4) is 5.75 Å². The van der Waals surface area contributed by atoms with Crippen molar-refractivity contribution in [3.63, 3.8) is 0 Å². The van der Waals surface area contributed by atoms with Crippen LogP contribution in [-0.4, -0.2) is 26.4 Å². The van der Waals surface area contributed by atoms with Gasteiger partial charge in [-0.2, -0.15) is 0 Å². The zero-order valence-corrected chi connectivity index (χ0v) is 17.1. The fourth-order valence-electron chi connectivity index (χ4n) is 2.84. The minimum absolute atomic E-state index is 0.183. The van der Waals surface area contributed by atoms with Crippen LogP contribution in [0.2, 0.25) is 0 Å². The van der Waals surface area contributed by atoms with Crippen molar-refractivity contribution in [2.24, 2.45) is 0 Å². The highest BCUT2D eigenvalue weighted by molar-refractivity contribution is 7.90. The molecule has 0 fully saturated rings.